The molecule has 0 bridgehead atoms. The van der Waals surface area contributed by atoms with Crippen molar-refractivity contribution in [2.75, 3.05) is 44.7 Å². The number of ether oxygens (including phenoxy) is 1. The number of para-hydroxylation sites is 1. The molecule has 0 aromatic heterocycles. The third-order valence-electron chi connectivity index (χ3n) is 3.54. The van der Waals surface area contributed by atoms with Gasteiger partial charge in [0.15, 0.2) is 0 Å². The van der Waals surface area contributed by atoms with Crippen molar-refractivity contribution < 1.29 is 14.3 Å². The van der Waals surface area contributed by atoms with Crippen LogP contribution in [0.1, 0.15) is 12.0 Å². The van der Waals surface area contributed by atoms with E-state index in [1.54, 1.807) is 24.3 Å². The molecule has 23 heavy (non-hydrogen) atoms. The van der Waals surface area contributed by atoms with Gasteiger partial charge in [0.05, 0.1) is 24.5 Å². The lowest BCUT2D eigenvalue weighted by atomic mass is 10.2. The molecule has 2 rings (SSSR count). The van der Waals surface area contributed by atoms with Gasteiger partial charge in [0.1, 0.15) is 6.07 Å². The largest absolute Gasteiger partial charge is 0.379 e. The summed E-state index contributed by atoms with van der Waals surface area (Å²) >= 11 is 0. The first-order valence-electron chi connectivity index (χ1n) is 7.59. The minimum absolute atomic E-state index is 0.320. The number of anilines is 1. The van der Waals surface area contributed by atoms with Crippen LogP contribution in [0.25, 0.3) is 0 Å². The summed E-state index contributed by atoms with van der Waals surface area (Å²) in [6.07, 6.45) is 0.772. The average Bonchev–Trinajstić information content (AvgIpc) is 2.60. The van der Waals surface area contributed by atoms with E-state index in [-0.39, 0.29) is 0 Å². The molecular formula is C16H20N4O3. The Balaban J connectivity index is 1.70. The molecule has 2 N–H and O–H groups in total. The molecule has 1 aromatic carbocycles. The van der Waals surface area contributed by atoms with E-state index >= 15 is 0 Å². The number of carbonyl (C=O) groups excluding carboxylic acids is 2. The van der Waals surface area contributed by atoms with Crippen molar-refractivity contribution >= 4 is 17.5 Å². The van der Waals surface area contributed by atoms with E-state index in [0.717, 1.165) is 39.3 Å². The maximum atomic E-state index is 11.8. The number of nitriles is 1. The normalized spacial score (nSPS) is 14.7. The number of amides is 2. The predicted octanol–water partition coefficient (Wildman–Crippen LogP) is 0.335. The molecule has 0 spiro atoms. The molecule has 0 aliphatic carbocycles. The number of hydrogen-bond donors (Lipinski definition) is 2. The molecule has 1 aliphatic heterocycles. The standard InChI is InChI=1S/C16H20N4O3/c17-12-13-4-1-2-5-14(13)19-16(22)15(21)18-6-3-7-20-8-10-23-11-9-20/h1-2,4-5H,3,6-11H2,(H,18,21)(H,19,22). The molecule has 1 aliphatic rings. The van der Waals surface area contributed by atoms with Gasteiger partial charge >= 0.3 is 11.8 Å². The molecule has 0 atom stereocenters. The van der Waals surface area contributed by atoms with Gasteiger partial charge in [-0.15, -0.1) is 0 Å². The molecule has 1 aromatic rings. The molecule has 0 unspecified atom stereocenters. The molecule has 1 saturated heterocycles. The first-order chi connectivity index (χ1) is 11.2. The lowest BCUT2D eigenvalue weighted by Gasteiger charge is -2.26. The van der Waals surface area contributed by atoms with Crippen LogP contribution in [0.5, 0.6) is 0 Å². The molecule has 1 fully saturated rings. The summed E-state index contributed by atoms with van der Waals surface area (Å²) < 4.78 is 5.26. The SMILES string of the molecule is N#Cc1ccccc1NC(=O)C(=O)NCCCN1CCOCC1. The second kappa shape index (κ2) is 8.88. The Morgan fingerprint density at radius 1 is 1.22 bits per heavy atom. The highest BCUT2D eigenvalue weighted by atomic mass is 16.5. The summed E-state index contributed by atoms with van der Waals surface area (Å²) in [5, 5.41) is 14.0. The first-order valence-corrected chi connectivity index (χ1v) is 7.59. The Morgan fingerprint density at radius 2 is 1.96 bits per heavy atom. The molecule has 1 heterocycles. The van der Waals surface area contributed by atoms with Gasteiger partial charge in [-0.2, -0.15) is 5.26 Å². The van der Waals surface area contributed by atoms with Crippen LogP contribution < -0.4 is 10.6 Å². The molecule has 122 valence electrons. The second-order valence-corrected chi connectivity index (χ2v) is 5.17. The van der Waals surface area contributed by atoms with Crippen LogP contribution in [-0.4, -0.2) is 56.1 Å². The zero-order valence-electron chi connectivity index (χ0n) is 12.9. The van der Waals surface area contributed by atoms with Crippen LogP contribution in [0.4, 0.5) is 5.69 Å². The highest BCUT2D eigenvalue weighted by Gasteiger charge is 2.15. The van der Waals surface area contributed by atoms with E-state index < -0.39 is 11.8 Å². The fourth-order valence-electron chi connectivity index (χ4n) is 2.28. The van der Waals surface area contributed by atoms with Gasteiger partial charge in [-0.3, -0.25) is 14.5 Å². The van der Waals surface area contributed by atoms with E-state index in [0.29, 0.717) is 17.8 Å². The Labute approximate surface area is 135 Å². The van der Waals surface area contributed by atoms with Crippen molar-refractivity contribution in [1.82, 2.24) is 10.2 Å². The number of nitrogens with one attached hydrogen (secondary N) is 2. The summed E-state index contributed by atoms with van der Waals surface area (Å²) in [7, 11) is 0. The van der Waals surface area contributed by atoms with E-state index in [2.05, 4.69) is 15.5 Å². The van der Waals surface area contributed by atoms with Crippen LogP contribution in [0, 0.1) is 11.3 Å². The summed E-state index contributed by atoms with van der Waals surface area (Å²) in [5.74, 6) is -1.46. The van der Waals surface area contributed by atoms with Crippen molar-refractivity contribution in [2.24, 2.45) is 0 Å². The van der Waals surface area contributed by atoms with E-state index in [1.165, 1.54) is 0 Å². The second-order valence-electron chi connectivity index (χ2n) is 5.17. The van der Waals surface area contributed by atoms with Crippen molar-refractivity contribution in [2.45, 2.75) is 6.42 Å². The fourth-order valence-corrected chi connectivity index (χ4v) is 2.28. The number of rotatable bonds is 5. The highest BCUT2D eigenvalue weighted by molar-refractivity contribution is 6.39. The van der Waals surface area contributed by atoms with Crippen molar-refractivity contribution in [3.8, 4) is 6.07 Å². The van der Waals surface area contributed by atoms with Crippen molar-refractivity contribution in [3.63, 3.8) is 0 Å². The van der Waals surface area contributed by atoms with Crippen LogP contribution in [-0.2, 0) is 14.3 Å². The summed E-state index contributed by atoms with van der Waals surface area (Å²) in [4.78, 5) is 25.8. The monoisotopic (exact) mass is 316 g/mol. The minimum atomic E-state index is -0.765. The van der Waals surface area contributed by atoms with Gasteiger partial charge in [-0.05, 0) is 25.1 Å². The van der Waals surface area contributed by atoms with E-state index in [4.69, 9.17) is 10.00 Å². The molecular weight excluding hydrogens is 296 g/mol. The average molecular weight is 316 g/mol. The Bertz CT molecular complexity index is 591. The zero-order chi connectivity index (χ0) is 16.5. The minimum Gasteiger partial charge on any atom is -0.379 e. The predicted molar refractivity (Wildman–Crippen MR) is 84.7 cm³/mol. The van der Waals surface area contributed by atoms with Crippen LogP contribution in [0.15, 0.2) is 24.3 Å². The Morgan fingerprint density at radius 3 is 2.70 bits per heavy atom. The lowest BCUT2D eigenvalue weighted by molar-refractivity contribution is -0.136. The van der Waals surface area contributed by atoms with Gasteiger partial charge in [-0.25, -0.2) is 0 Å². The summed E-state index contributed by atoms with van der Waals surface area (Å²) in [6.45, 7) is 4.59. The quantitative estimate of drug-likeness (QED) is 0.603. The Kier molecular flexibility index (Phi) is 6.54. The van der Waals surface area contributed by atoms with Gasteiger partial charge in [0.25, 0.3) is 0 Å². The maximum Gasteiger partial charge on any atom is 0.313 e. The van der Waals surface area contributed by atoms with Crippen molar-refractivity contribution in [3.05, 3.63) is 29.8 Å². The third kappa shape index (κ3) is 5.36. The van der Waals surface area contributed by atoms with E-state index in [1.807, 2.05) is 6.07 Å². The summed E-state index contributed by atoms with van der Waals surface area (Å²) in [5.41, 5.74) is 0.657. The number of hydrogen-bond acceptors (Lipinski definition) is 5. The number of carbonyl (C=O) groups is 2. The fraction of sp³-hybridized carbons (Fsp3) is 0.438. The maximum absolute atomic E-state index is 11.8. The molecule has 0 radical (unpaired) electrons. The molecule has 7 nitrogen and oxygen atoms in total. The molecule has 7 heteroatoms. The van der Waals surface area contributed by atoms with Gasteiger partial charge in [-0.1, -0.05) is 12.1 Å². The zero-order valence-corrected chi connectivity index (χ0v) is 12.9. The lowest BCUT2D eigenvalue weighted by Crippen LogP contribution is -2.39. The van der Waals surface area contributed by atoms with Crippen LogP contribution in [0.2, 0.25) is 0 Å². The Hall–Kier alpha value is -2.43. The first kappa shape index (κ1) is 16.9. The smallest absolute Gasteiger partial charge is 0.313 e. The molecule has 0 saturated carbocycles. The number of nitrogens with zero attached hydrogens (tertiary/aromatic N) is 2. The number of morpholine rings is 1. The highest BCUT2D eigenvalue weighted by Crippen LogP contribution is 2.13. The molecule has 2 amide bonds. The van der Waals surface area contributed by atoms with Gasteiger partial charge in [0, 0.05) is 19.6 Å². The van der Waals surface area contributed by atoms with Gasteiger partial charge in [0.2, 0.25) is 0 Å². The van der Waals surface area contributed by atoms with E-state index in [9.17, 15) is 9.59 Å². The number of benzene rings is 1. The summed E-state index contributed by atoms with van der Waals surface area (Å²) in [6, 6.07) is 8.52. The van der Waals surface area contributed by atoms with Crippen LogP contribution in [0.3, 0.4) is 0 Å². The third-order valence-corrected chi connectivity index (χ3v) is 3.54. The van der Waals surface area contributed by atoms with Crippen LogP contribution >= 0.6 is 0 Å². The topological polar surface area (TPSA) is 94.5 Å². The van der Waals surface area contributed by atoms with Crippen molar-refractivity contribution in [1.29, 1.82) is 5.26 Å². The van der Waals surface area contributed by atoms with Gasteiger partial charge < -0.3 is 15.4 Å².